The molecule has 134 valence electrons. The van der Waals surface area contributed by atoms with Crippen molar-refractivity contribution in [3.05, 3.63) is 82.3 Å². The topological polar surface area (TPSA) is 52.4 Å². The molecule has 1 fully saturated rings. The lowest BCUT2D eigenvalue weighted by atomic mass is 9.92. The van der Waals surface area contributed by atoms with Crippen LogP contribution in [0.5, 0.6) is 0 Å². The Balaban J connectivity index is 1.72. The highest BCUT2D eigenvalue weighted by Crippen LogP contribution is 2.48. The average Bonchev–Trinajstić information content (AvgIpc) is 3.32. The van der Waals surface area contributed by atoms with Gasteiger partial charge in [-0.2, -0.15) is 9.78 Å². The molecule has 1 aromatic heterocycles. The first kappa shape index (κ1) is 16.6. The minimum absolute atomic E-state index is 0.188. The summed E-state index contributed by atoms with van der Waals surface area (Å²) in [7, 11) is 0. The van der Waals surface area contributed by atoms with E-state index in [1.54, 1.807) is 6.92 Å². The van der Waals surface area contributed by atoms with Crippen molar-refractivity contribution in [3.8, 4) is 5.69 Å². The zero-order chi connectivity index (χ0) is 18.5. The lowest BCUT2D eigenvalue weighted by Gasteiger charge is -2.21. The molecule has 4 rings (SSSR count). The first-order valence-corrected chi connectivity index (χ1v) is 7.94. The molecule has 2 aromatic carbocycles. The molecule has 1 aliphatic rings. The van der Waals surface area contributed by atoms with E-state index in [9.17, 15) is 18.0 Å². The van der Waals surface area contributed by atoms with Gasteiger partial charge in [-0.3, -0.25) is 4.57 Å². The third-order valence-corrected chi connectivity index (χ3v) is 4.70. The number of aromatic nitrogens is 3. The molecule has 8 heteroatoms. The van der Waals surface area contributed by atoms with Gasteiger partial charge in [-0.25, -0.2) is 18.0 Å². The Labute approximate surface area is 146 Å². The van der Waals surface area contributed by atoms with E-state index in [1.165, 1.54) is 41.2 Å². The van der Waals surface area contributed by atoms with E-state index in [0.717, 1.165) is 16.8 Å². The van der Waals surface area contributed by atoms with E-state index in [4.69, 9.17) is 4.74 Å². The van der Waals surface area contributed by atoms with Crippen LogP contribution in [0, 0.1) is 17.5 Å². The summed E-state index contributed by atoms with van der Waals surface area (Å²) >= 11 is 0. The van der Waals surface area contributed by atoms with Gasteiger partial charge in [0.05, 0.1) is 18.3 Å². The van der Waals surface area contributed by atoms with E-state index in [0.29, 0.717) is 5.69 Å². The maximum absolute atomic E-state index is 14.2. The number of ether oxygens (including phenoxy) is 1. The van der Waals surface area contributed by atoms with Gasteiger partial charge in [-0.15, -0.1) is 0 Å². The standard InChI is InChI=1S/C18H14F3N3O2/c1-11(18(9-26-18)15-7-4-13(20)8-16(15)21)23-10-22-24(17(23)25)14-5-2-12(19)3-6-14/h2-8,10-11H,9H2,1H3/t11-,18+/m1/s1. The molecule has 0 bridgehead atoms. The van der Waals surface area contributed by atoms with E-state index in [-0.39, 0.29) is 12.2 Å². The minimum atomic E-state index is -1.06. The smallest absolute Gasteiger partial charge is 0.350 e. The summed E-state index contributed by atoms with van der Waals surface area (Å²) in [5, 5.41) is 4.04. The molecule has 3 aromatic rings. The quantitative estimate of drug-likeness (QED) is 0.672. The summed E-state index contributed by atoms with van der Waals surface area (Å²) in [6.07, 6.45) is 1.32. The molecule has 0 radical (unpaired) electrons. The summed E-state index contributed by atoms with van der Waals surface area (Å²) < 4.78 is 48.4. The van der Waals surface area contributed by atoms with Gasteiger partial charge in [0.1, 0.15) is 29.4 Å². The summed E-state index contributed by atoms with van der Waals surface area (Å²) in [5.41, 5.74) is -0.937. The molecule has 0 spiro atoms. The van der Waals surface area contributed by atoms with Crippen LogP contribution in [-0.4, -0.2) is 21.0 Å². The maximum Gasteiger partial charge on any atom is 0.350 e. The van der Waals surface area contributed by atoms with Crippen molar-refractivity contribution in [2.45, 2.75) is 18.6 Å². The lowest BCUT2D eigenvalue weighted by molar-refractivity contribution is 0.222. The summed E-state index contributed by atoms with van der Waals surface area (Å²) in [4.78, 5) is 12.7. The monoisotopic (exact) mass is 361 g/mol. The predicted octanol–water partition coefficient (Wildman–Crippen LogP) is 2.94. The highest BCUT2D eigenvalue weighted by molar-refractivity contribution is 5.32. The van der Waals surface area contributed by atoms with Crippen LogP contribution in [0.1, 0.15) is 18.5 Å². The Morgan fingerprint density at radius 1 is 1.12 bits per heavy atom. The molecule has 1 saturated heterocycles. The number of hydrogen-bond donors (Lipinski definition) is 0. The second kappa shape index (κ2) is 5.84. The fraction of sp³-hybridized carbons (Fsp3) is 0.222. The van der Waals surface area contributed by atoms with E-state index in [2.05, 4.69) is 5.10 Å². The van der Waals surface area contributed by atoms with Gasteiger partial charge < -0.3 is 4.74 Å². The van der Waals surface area contributed by atoms with Crippen molar-refractivity contribution in [2.75, 3.05) is 6.61 Å². The van der Waals surface area contributed by atoms with Crippen LogP contribution < -0.4 is 5.69 Å². The fourth-order valence-corrected chi connectivity index (χ4v) is 3.10. The minimum Gasteiger partial charge on any atom is -0.362 e. The molecule has 0 amide bonds. The largest absolute Gasteiger partial charge is 0.362 e. The van der Waals surface area contributed by atoms with Crippen LogP contribution in [0.3, 0.4) is 0 Å². The molecule has 26 heavy (non-hydrogen) atoms. The van der Waals surface area contributed by atoms with Crippen LogP contribution in [0.2, 0.25) is 0 Å². The van der Waals surface area contributed by atoms with Crippen molar-refractivity contribution < 1.29 is 17.9 Å². The molecule has 5 nitrogen and oxygen atoms in total. The van der Waals surface area contributed by atoms with Gasteiger partial charge in [0, 0.05) is 11.6 Å². The predicted molar refractivity (Wildman–Crippen MR) is 86.5 cm³/mol. The molecular formula is C18H14F3N3O2. The highest BCUT2D eigenvalue weighted by atomic mass is 19.1. The van der Waals surface area contributed by atoms with Gasteiger partial charge in [-0.05, 0) is 37.3 Å². The van der Waals surface area contributed by atoms with E-state index >= 15 is 0 Å². The Morgan fingerprint density at radius 2 is 1.77 bits per heavy atom. The van der Waals surface area contributed by atoms with Crippen molar-refractivity contribution >= 4 is 0 Å². The van der Waals surface area contributed by atoms with Crippen molar-refractivity contribution in [3.63, 3.8) is 0 Å². The maximum atomic E-state index is 14.2. The van der Waals surface area contributed by atoms with Gasteiger partial charge in [0.15, 0.2) is 0 Å². The SMILES string of the molecule is C[C@@H](n1cnn(-c2ccc(F)cc2)c1=O)[C@]1(c2ccc(F)cc2F)CO1. The average molecular weight is 361 g/mol. The highest BCUT2D eigenvalue weighted by Gasteiger charge is 2.54. The molecular weight excluding hydrogens is 347 g/mol. The van der Waals surface area contributed by atoms with Crippen LogP contribution >= 0.6 is 0 Å². The Morgan fingerprint density at radius 3 is 2.38 bits per heavy atom. The molecule has 2 atom stereocenters. The third-order valence-electron chi connectivity index (χ3n) is 4.70. The number of nitrogens with zero attached hydrogens (tertiary/aromatic N) is 3. The first-order valence-electron chi connectivity index (χ1n) is 7.94. The van der Waals surface area contributed by atoms with Gasteiger partial charge >= 0.3 is 5.69 Å². The fourth-order valence-electron chi connectivity index (χ4n) is 3.10. The zero-order valence-corrected chi connectivity index (χ0v) is 13.7. The van der Waals surface area contributed by atoms with Gasteiger partial charge in [0.25, 0.3) is 0 Å². The Bertz CT molecular complexity index is 1020. The summed E-state index contributed by atoms with van der Waals surface area (Å²) in [6.45, 7) is 1.90. The Kier molecular flexibility index (Phi) is 3.73. The van der Waals surface area contributed by atoms with Crippen LogP contribution in [-0.2, 0) is 10.3 Å². The van der Waals surface area contributed by atoms with Crippen LogP contribution in [0.15, 0.2) is 53.6 Å². The lowest BCUT2D eigenvalue weighted by Crippen LogP contribution is -2.33. The molecule has 2 heterocycles. The first-order chi connectivity index (χ1) is 12.4. The summed E-state index contributed by atoms with van der Waals surface area (Å²) in [5.74, 6) is -1.84. The van der Waals surface area contributed by atoms with Crippen molar-refractivity contribution in [1.29, 1.82) is 0 Å². The second-order valence-corrected chi connectivity index (χ2v) is 6.19. The number of epoxide rings is 1. The van der Waals surface area contributed by atoms with E-state index in [1.807, 2.05) is 0 Å². The molecule has 0 N–H and O–H groups in total. The van der Waals surface area contributed by atoms with E-state index < -0.39 is 34.8 Å². The molecule has 0 saturated carbocycles. The zero-order valence-electron chi connectivity index (χ0n) is 13.7. The number of benzene rings is 2. The third kappa shape index (κ3) is 2.53. The van der Waals surface area contributed by atoms with Crippen LogP contribution in [0.4, 0.5) is 13.2 Å². The number of halogens is 3. The molecule has 1 aliphatic heterocycles. The number of hydrogen-bond acceptors (Lipinski definition) is 3. The van der Waals surface area contributed by atoms with Gasteiger partial charge in [0.2, 0.25) is 0 Å². The molecule has 0 unspecified atom stereocenters. The van der Waals surface area contributed by atoms with Crippen molar-refractivity contribution in [1.82, 2.24) is 14.3 Å². The molecule has 0 aliphatic carbocycles. The van der Waals surface area contributed by atoms with Crippen LogP contribution in [0.25, 0.3) is 5.69 Å². The number of rotatable bonds is 4. The second-order valence-electron chi connectivity index (χ2n) is 6.19. The van der Waals surface area contributed by atoms with Gasteiger partial charge in [-0.1, -0.05) is 6.07 Å². The Hall–Kier alpha value is -2.87. The van der Waals surface area contributed by atoms with Crippen molar-refractivity contribution in [2.24, 2.45) is 0 Å². The summed E-state index contributed by atoms with van der Waals surface area (Å²) in [6, 6.07) is 8.00. The normalized spacial score (nSPS) is 20.2.